The molecule has 8 nitrogen and oxygen atoms in total. The number of anilines is 1. The summed E-state index contributed by atoms with van der Waals surface area (Å²) in [5, 5.41) is 5.91. The molecule has 0 radical (unpaired) electrons. The van der Waals surface area contributed by atoms with Crippen LogP contribution in [0, 0.1) is 0 Å². The Morgan fingerprint density at radius 2 is 1.84 bits per heavy atom. The molecule has 3 heterocycles. The minimum atomic E-state index is -3.68. The van der Waals surface area contributed by atoms with Crippen molar-refractivity contribution in [3.05, 3.63) is 94.9 Å². The summed E-state index contributed by atoms with van der Waals surface area (Å²) in [6.07, 6.45) is 0.675. The van der Waals surface area contributed by atoms with E-state index in [9.17, 15) is 13.2 Å². The number of benzene rings is 3. The van der Waals surface area contributed by atoms with E-state index in [1.165, 1.54) is 45.5 Å². The maximum Gasteiger partial charge on any atom is 0.257 e. The van der Waals surface area contributed by atoms with E-state index in [2.05, 4.69) is 10.3 Å². The number of amides is 1. The lowest BCUT2D eigenvalue weighted by Gasteiger charge is -2.28. The summed E-state index contributed by atoms with van der Waals surface area (Å²) >= 11 is 1.28. The molecule has 192 valence electrons. The second-order valence-corrected chi connectivity index (χ2v) is 11.7. The van der Waals surface area contributed by atoms with E-state index in [0.29, 0.717) is 53.0 Å². The van der Waals surface area contributed by atoms with Crippen LogP contribution in [0.3, 0.4) is 0 Å². The number of methoxy groups -OCH3 is 1. The van der Waals surface area contributed by atoms with Crippen LogP contribution in [0.2, 0.25) is 0 Å². The second kappa shape index (κ2) is 9.71. The fourth-order valence-electron chi connectivity index (χ4n) is 4.48. The van der Waals surface area contributed by atoms with E-state index < -0.39 is 10.0 Å². The normalized spacial score (nSPS) is 13.8. The van der Waals surface area contributed by atoms with Gasteiger partial charge in [-0.2, -0.15) is 4.31 Å². The maximum absolute atomic E-state index is 13.2. The highest BCUT2D eigenvalue weighted by Crippen LogP contribution is 2.32. The molecule has 1 aliphatic rings. The highest BCUT2D eigenvalue weighted by atomic mass is 32.2. The summed E-state index contributed by atoms with van der Waals surface area (Å²) < 4.78 is 39.0. The average Bonchev–Trinajstić information content (AvgIpc) is 3.59. The zero-order chi connectivity index (χ0) is 26.3. The topological polar surface area (TPSA) is 102 Å². The molecule has 0 spiro atoms. The number of furan rings is 1. The number of fused-ring (bicyclic) bond motifs is 2. The predicted molar refractivity (Wildman–Crippen MR) is 146 cm³/mol. The van der Waals surface area contributed by atoms with Gasteiger partial charge in [0, 0.05) is 35.5 Å². The molecule has 6 rings (SSSR count). The Labute approximate surface area is 223 Å². The third kappa shape index (κ3) is 4.58. The van der Waals surface area contributed by atoms with Gasteiger partial charge in [0.1, 0.15) is 17.0 Å². The fourth-order valence-corrected chi connectivity index (χ4v) is 6.59. The van der Waals surface area contributed by atoms with Crippen molar-refractivity contribution in [1.29, 1.82) is 0 Å². The largest absolute Gasteiger partial charge is 0.497 e. The minimum absolute atomic E-state index is 0.159. The summed E-state index contributed by atoms with van der Waals surface area (Å²) in [4.78, 5) is 17.5. The zero-order valence-electron chi connectivity index (χ0n) is 20.4. The lowest BCUT2D eigenvalue weighted by molar-refractivity contribution is 0.102. The zero-order valence-corrected chi connectivity index (χ0v) is 22.0. The predicted octanol–water partition coefficient (Wildman–Crippen LogP) is 5.56. The molecular formula is C28H23N3O5S2. The van der Waals surface area contributed by atoms with Crippen molar-refractivity contribution in [3.63, 3.8) is 0 Å². The average molecular weight is 546 g/mol. The molecule has 0 saturated heterocycles. The number of carbonyl (C=O) groups is 1. The molecule has 0 saturated carbocycles. The Hall–Kier alpha value is -3.99. The molecular weight excluding hydrogens is 522 g/mol. The van der Waals surface area contributed by atoms with E-state index in [1.54, 1.807) is 12.5 Å². The third-order valence-electron chi connectivity index (χ3n) is 6.55. The van der Waals surface area contributed by atoms with Gasteiger partial charge in [0.15, 0.2) is 10.9 Å². The van der Waals surface area contributed by atoms with Crippen molar-refractivity contribution in [2.24, 2.45) is 0 Å². The first-order valence-electron chi connectivity index (χ1n) is 11.9. The Bertz CT molecular complexity index is 1760. The molecule has 1 aliphatic heterocycles. The van der Waals surface area contributed by atoms with Crippen LogP contribution in [0.15, 0.2) is 87.5 Å². The van der Waals surface area contributed by atoms with Gasteiger partial charge in [-0.05, 0) is 60.0 Å². The van der Waals surface area contributed by atoms with E-state index in [0.717, 1.165) is 10.9 Å². The molecule has 1 N–H and O–H groups in total. The van der Waals surface area contributed by atoms with Crippen molar-refractivity contribution < 1.29 is 22.4 Å². The number of nitrogens with one attached hydrogen (secondary N) is 1. The number of ether oxygens (including phenoxy) is 1. The first kappa shape index (κ1) is 24.4. The molecule has 5 aromatic rings. The summed E-state index contributed by atoms with van der Waals surface area (Å²) in [5.74, 6) is 0.903. The summed E-state index contributed by atoms with van der Waals surface area (Å²) in [6, 6.07) is 21.3. The molecule has 0 aliphatic carbocycles. The van der Waals surface area contributed by atoms with Gasteiger partial charge in [-0.15, -0.1) is 11.3 Å². The number of carbonyl (C=O) groups excluding carboxylic acids is 1. The van der Waals surface area contributed by atoms with Crippen molar-refractivity contribution in [1.82, 2.24) is 9.29 Å². The number of aromatic nitrogens is 1. The molecule has 0 bridgehead atoms. The maximum atomic E-state index is 13.2. The molecule has 38 heavy (non-hydrogen) atoms. The first-order chi connectivity index (χ1) is 18.4. The quantitative estimate of drug-likeness (QED) is 0.300. The van der Waals surface area contributed by atoms with Crippen LogP contribution < -0.4 is 10.1 Å². The van der Waals surface area contributed by atoms with Crippen molar-refractivity contribution in [2.75, 3.05) is 19.0 Å². The van der Waals surface area contributed by atoms with Crippen molar-refractivity contribution in [3.8, 4) is 17.2 Å². The Morgan fingerprint density at radius 1 is 1.05 bits per heavy atom. The smallest absolute Gasteiger partial charge is 0.257 e. The van der Waals surface area contributed by atoms with Gasteiger partial charge in [-0.1, -0.05) is 24.3 Å². The lowest BCUT2D eigenvalue weighted by Crippen LogP contribution is -2.35. The monoisotopic (exact) mass is 545 g/mol. The van der Waals surface area contributed by atoms with E-state index >= 15 is 0 Å². The molecule has 3 aromatic carbocycles. The summed E-state index contributed by atoms with van der Waals surface area (Å²) in [5.41, 5.74) is 3.81. The second-order valence-electron chi connectivity index (χ2n) is 8.89. The van der Waals surface area contributed by atoms with Crippen LogP contribution in [-0.2, 0) is 23.0 Å². The number of hydrogen-bond donors (Lipinski definition) is 1. The number of rotatable bonds is 6. The standard InChI is InChI=1S/C28H23N3O5S2/c1-35-22-9-6-20-14-26(36-25(20)15-22)24-17-37-28(29-24)30-27(32)19-7-10-23(11-8-19)38(33,34)31-13-12-18-4-2-3-5-21(18)16-31/h2-11,14-15,17H,12-13,16H2,1H3,(H,29,30,32). The Balaban J connectivity index is 1.15. The number of thiazole rings is 1. The Morgan fingerprint density at radius 3 is 2.63 bits per heavy atom. The summed E-state index contributed by atoms with van der Waals surface area (Å²) in [6.45, 7) is 0.763. The Kier molecular flexibility index (Phi) is 6.22. The van der Waals surface area contributed by atoms with Crippen LogP contribution in [0.25, 0.3) is 22.4 Å². The van der Waals surface area contributed by atoms with E-state index in [4.69, 9.17) is 9.15 Å². The SMILES string of the molecule is COc1ccc2cc(-c3csc(NC(=O)c4ccc(S(=O)(=O)N5CCc6ccccc6C5)cc4)n3)oc2c1. The lowest BCUT2D eigenvalue weighted by atomic mass is 10.0. The number of sulfonamides is 1. The van der Waals surface area contributed by atoms with Crippen LogP contribution in [0.1, 0.15) is 21.5 Å². The third-order valence-corrected chi connectivity index (χ3v) is 9.17. The molecule has 0 unspecified atom stereocenters. The molecule has 1 amide bonds. The molecule has 10 heteroatoms. The first-order valence-corrected chi connectivity index (χ1v) is 14.2. The van der Waals surface area contributed by atoms with E-state index in [1.807, 2.05) is 48.5 Å². The van der Waals surface area contributed by atoms with Gasteiger partial charge in [0.05, 0.1) is 12.0 Å². The van der Waals surface area contributed by atoms with Crippen LogP contribution in [0.4, 0.5) is 5.13 Å². The highest BCUT2D eigenvalue weighted by Gasteiger charge is 2.28. The molecule has 0 fully saturated rings. The van der Waals surface area contributed by atoms with Crippen molar-refractivity contribution >= 4 is 43.4 Å². The highest BCUT2D eigenvalue weighted by molar-refractivity contribution is 7.89. The summed E-state index contributed by atoms with van der Waals surface area (Å²) in [7, 11) is -2.08. The van der Waals surface area contributed by atoms with Gasteiger partial charge in [-0.3, -0.25) is 10.1 Å². The van der Waals surface area contributed by atoms with Crippen LogP contribution >= 0.6 is 11.3 Å². The molecule has 0 atom stereocenters. The van der Waals surface area contributed by atoms with Crippen LogP contribution in [0.5, 0.6) is 5.75 Å². The number of hydrogen-bond acceptors (Lipinski definition) is 7. The molecule has 2 aromatic heterocycles. The van der Waals surface area contributed by atoms with Crippen LogP contribution in [-0.4, -0.2) is 37.3 Å². The minimum Gasteiger partial charge on any atom is -0.497 e. The van der Waals surface area contributed by atoms with E-state index in [-0.39, 0.29) is 10.8 Å². The van der Waals surface area contributed by atoms with Crippen molar-refractivity contribution in [2.45, 2.75) is 17.9 Å². The van der Waals surface area contributed by atoms with Gasteiger partial charge >= 0.3 is 0 Å². The fraction of sp³-hybridized carbons (Fsp3) is 0.143. The van der Waals surface area contributed by atoms with Gasteiger partial charge < -0.3 is 9.15 Å². The van der Waals surface area contributed by atoms with Gasteiger partial charge in [-0.25, -0.2) is 13.4 Å². The number of nitrogens with zero attached hydrogens (tertiary/aromatic N) is 2. The van der Waals surface area contributed by atoms with Gasteiger partial charge in [0.2, 0.25) is 10.0 Å². The van der Waals surface area contributed by atoms with Gasteiger partial charge in [0.25, 0.3) is 5.91 Å².